The minimum Gasteiger partial charge on any atom is -0.299 e. The third-order valence-electron chi connectivity index (χ3n) is 6.68. The third kappa shape index (κ3) is 33.9. The van der Waals surface area contributed by atoms with E-state index in [0.29, 0.717) is 22.5 Å². The molecular weight excluding hydrogens is 645 g/mol. The SMILES string of the molecule is C.CC#CC(=O)C(C)(C)C.CC(=O)/C=C/CC(C)(C)C.CC(C)=C(C)C(=O)C(C)(C)C.CC(C)=C(C)S(=O)(=O)C(C)C.CCC(=O)C(C)(C)C. The van der Waals surface area contributed by atoms with Gasteiger partial charge in [0.05, 0.1) is 5.25 Å². The second-order valence-electron chi connectivity index (χ2n) is 17.1. The van der Waals surface area contributed by atoms with E-state index in [0.717, 1.165) is 23.1 Å². The van der Waals surface area contributed by atoms with Gasteiger partial charge in [0.2, 0.25) is 5.78 Å². The highest BCUT2D eigenvalue weighted by Gasteiger charge is 2.23. The van der Waals surface area contributed by atoms with Gasteiger partial charge in [-0.25, -0.2) is 8.42 Å². The van der Waals surface area contributed by atoms with E-state index >= 15 is 0 Å². The molecule has 6 nitrogen and oxygen atoms in total. The number of sulfone groups is 1. The molecule has 0 saturated carbocycles. The zero-order valence-electron chi connectivity index (χ0n) is 36.0. The highest BCUT2D eigenvalue weighted by Crippen LogP contribution is 2.21. The monoisotopic (exact) mass is 725 g/mol. The number of allylic oxidation sites excluding steroid dienone is 6. The van der Waals surface area contributed by atoms with Gasteiger partial charge in [0.1, 0.15) is 5.78 Å². The van der Waals surface area contributed by atoms with Gasteiger partial charge in [-0.1, -0.05) is 121 Å². The Bertz CT molecular complexity index is 1300. The predicted octanol–water partition coefficient (Wildman–Crippen LogP) is 11.9. The summed E-state index contributed by atoms with van der Waals surface area (Å²) in [6, 6.07) is 0. The fourth-order valence-electron chi connectivity index (χ4n) is 2.84. The smallest absolute Gasteiger partial charge is 0.210 e. The lowest BCUT2D eigenvalue weighted by Crippen LogP contribution is -2.21. The van der Waals surface area contributed by atoms with Crippen LogP contribution in [0.2, 0.25) is 0 Å². The van der Waals surface area contributed by atoms with Crippen molar-refractivity contribution in [2.75, 3.05) is 0 Å². The average molecular weight is 725 g/mol. The molecular formula is C43H80O6S. The van der Waals surface area contributed by atoms with E-state index in [2.05, 4.69) is 32.6 Å². The fraction of sp³-hybridized carbons (Fsp3) is 0.721. The molecule has 0 heterocycles. The van der Waals surface area contributed by atoms with Gasteiger partial charge in [-0.2, -0.15) is 0 Å². The summed E-state index contributed by atoms with van der Waals surface area (Å²) in [5.41, 5.74) is 2.52. The summed E-state index contributed by atoms with van der Waals surface area (Å²) in [6.07, 6.45) is 5.18. The second-order valence-corrected chi connectivity index (χ2v) is 19.8. The summed E-state index contributed by atoms with van der Waals surface area (Å²) in [6.45, 7) is 43.4. The van der Waals surface area contributed by atoms with E-state index in [-0.39, 0.29) is 46.3 Å². The molecule has 0 N–H and O–H groups in total. The van der Waals surface area contributed by atoms with E-state index in [1.165, 1.54) is 0 Å². The Labute approximate surface area is 311 Å². The van der Waals surface area contributed by atoms with Crippen molar-refractivity contribution in [2.45, 2.75) is 185 Å². The highest BCUT2D eigenvalue weighted by molar-refractivity contribution is 7.95. The molecule has 0 radical (unpaired) electrons. The zero-order valence-corrected chi connectivity index (χ0v) is 36.8. The third-order valence-corrected chi connectivity index (χ3v) is 9.19. The van der Waals surface area contributed by atoms with Crippen molar-refractivity contribution in [2.24, 2.45) is 21.7 Å². The van der Waals surface area contributed by atoms with Crippen LogP contribution in [0.4, 0.5) is 0 Å². The second kappa shape index (κ2) is 26.2. The summed E-state index contributed by atoms with van der Waals surface area (Å²) in [4.78, 5) is 44.2. The lowest BCUT2D eigenvalue weighted by Gasteiger charge is -2.17. The molecule has 0 aliphatic heterocycles. The molecule has 0 aromatic carbocycles. The van der Waals surface area contributed by atoms with Crippen LogP contribution in [0.1, 0.15) is 180 Å². The van der Waals surface area contributed by atoms with Crippen LogP contribution in [-0.2, 0) is 29.0 Å². The van der Waals surface area contributed by atoms with Crippen molar-refractivity contribution in [3.63, 3.8) is 0 Å². The van der Waals surface area contributed by atoms with Crippen LogP contribution >= 0.6 is 0 Å². The number of ketones is 4. The van der Waals surface area contributed by atoms with Gasteiger partial charge >= 0.3 is 0 Å². The number of hydrogen-bond donors (Lipinski definition) is 0. The lowest BCUT2D eigenvalue weighted by molar-refractivity contribution is -0.126. The molecule has 0 fully saturated rings. The zero-order chi connectivity index (χ0) is 40.9. The quantitative estimate of drug-likeness (QED) is 0.153. The van der Waals surface area contributed by atoms with Crippen molar-refractivity contribution in [3.8, 4) is 11.8 Å². The number of rotatable bonds is 6. The Hall–Kier alpha value is -2.59. The maximum Gasteiger partial charge on any atom is 0.210 e. The molecule has 0 aliphatic carbocycles. The Morgan fingerprint density at radius 1 is 0.680 bits per heavy atom. The molecule has 7 heteroatoms. The number of carbonyl (C=O) groups is 4. The molecule has 0 aromatic heterocycles. The van der Waals surface area contributed by atoms with Crippen molar-refractivity contribution < 1.29 is 27.6 Å². The molecule has 0 amide bonds. The van der Waals surface area contributed by atoms with E-state index in [1.54, 1.807) is 40.7 Å². The minimum atomic E-state index is -3.00. The van der Waals surface area contributed by atoms with Crippen molar-refractivity contribution in [1.29, 1.82) is 0 Å². The lowest BCUT2D eigenvalue weighted by atomic mass is 9.85. The van der Waals surface area contributed by atoms with Crippen LogP contribution in [-0.4, -0.2) is 36.8 Å². The Balaban J connectivity index is -0.000000121. The first-order valence-electron chi connectivity index (χ1n) is 17.2. The molecule has 0 atom stereocenters. The van der Waals surface area contributed by atoms with E-state index in [1.807, 2.05) is 110 Å². The van der Waals surface area contributed by atoms with Crippen LogP contribution in [0.15, 0.2) is 33.8 Å². The van der Waals surface area contributed by atoms with Gasteiger partial charge in [-0.15, -0.1) is 0 Å². The normalized spacial score (nSPS) is 11.1. The minimum absolute atomic E-state index is 0. The van der Waals surface area contributed by atoms with Gasteiger partial charge in [0.15, 0.2) is 21.4 Å². The first-order chi connectivity index (χ1) is 21.4. The molecule has 0 bridgehead atoms. The average Bonchev–Trinajstić information content (AvgIpc) is 2.90. The van der Waals surface area contributed by atoms with Crippen molar-refractivity contribution >= 4 is 33.0 Å². The van der Waals surface area contributed by atoms with Crippen LogP contribution in [0.25, 0.3) is 0 Å². The van der Waals surface area contributed by atoms with Crippen LogP contribution in [0, 0.1) is 33.5 Å². The topological polar surface area (TPSA) is 102 Å². The van der Waals surface area contributed by atoms with Crippen molar-refractivity contribution in [3.05, 3.63) is 33.8 Å². The van der Waals surface area contributed by atoms with Gasteiger partial charge in [-0.3, -0.25) is 19.2 Å². The Kier molecular flexibility index (Phi) is 31.2. The number of hydrogen-bond acceptors (Lipinski definition) is 6. The molecule has 0 unspecified atom stereocenters. The van der Waals surface area contributed by atoms with Crippen LogP contribution < -0.4 is 0 Å². The highest BCUT2D eigenvalue weighted by atomic mass is 32.2. The van der Waals surface area contributed by atoms with Gasteiger partial charge in [0.25, 0.3) is 0 Å². The number of Topliss-reactive ketones (excluding diaryl/α,β-unsaturated/α-hetero) is 3. The summed E-state index contributed by atoms with van der Waals surface area (Å²) in [7, 11) is -3.00. The van der Waals surface area contributed by atoms with Crippen LogP contribution in [0.5, 0.6) is 0 Å². The maximum absolute atomic E-state index is 11.5. The number of carbonyl (C=O) groups excluding carboxylic acids is 4. The first-order valence-corrected chi connectivity index (χ1v) is 18.7. The molecule has 0 saturated heterocycles. The molecule has 0 spiro atoms. The van der Waals surface area contributed by atoms with E-state index in [4.69, 9.17) is 0 Å². The standard InChI is InChI=1S/C10H18O.C9H16O.C8H16O2S.C8H12O.C7H14O.CH4/c1-7(2)8(3)9(11)10(4,5)6;1-8(10)6-5-7-9(2,3)4;1-6(2)8(5)11(9,10)7(3)4;1-5-6-7(9)8(2,3)4;1-5-6(8)7(2,3)4;/h1-6H3;5-6H,7H2,1-4H3;7H,1-5H3;1-4H3;5H2,1-4H3;1H4/b;6-5+;;;;. The van der Waals surface area contributed by atoms with E-state index in [9.17, 15) is 27.6 Å². The summed E-state index contributed by atoms with van der Waals surface area (Å²) >= 11 is 0. The molecule has 50 heavy (non-hydrogen) atoms. The molecule has 0 aromatic rings. The van der Waals surface area contributed by atoms with Gasteiger partial charge < -0.3 is 0 Å². The summed E-state index contributed by atoms with van der Waals surface area (Å²) in [5.74, 6) is 5.78. The van der Waals surface area contributed by atoms with Crippen LogP contribution in [0.3, 0.4) is 0 Å². The molecule has 294 valence electrons. The molecule has 0 aliphatic rings. The summed E-state index contributed by atoms with van der Waals surface area (Å²) in [5, 5.41) is -0.308. The Morgan fingerprint density at radius 3 is 1.20 bits per heavy atom. The summed E-state index contributed by atoms with van der Waals surface area (Å²) < 4.78 is 22.8. The predicted molar refractivity (Wildman–Crippen MR) is 220 cm³/mol. The molecule has 0 rings (SSSR count). The maximum atomic E-state index is 11.5. The van der Waals surface area contributed by atoms with Gasteiger partial charge in [0, 0.05) is 27.6 Å². The first kappa shape index (κ1) is 59.6. The van der Waals surface area contributed by atoms with Gasteiger partial charge in [-0.05, 0) is 98.6 Å². The fourth-order valence-corrected chi connectivity index (χ4v) is 4.11. The Morgan fingerprint density at radius 2 is 1.08 bits per heavy atom. The largest absolute Gasteiger partial charge is 0.299 e. The van der Waals surface area contributed by atoms with E-state index < -0.39 is 9.84 Å². The van der Waals surface area contributed by atoms with Crippen molar-refractivity contribution in [1.82, 2.24) is 0 Å².